The summed E-state index contributed by atoms with van der Waals surface area (Å²) < 4.78 is 2.04. The summed E-state index contributed by atoms with van der Waals surface area (Å²) in [5, 5.41) is 11.9. The fourth-order valence-corrected chi connectivity index (χ4v) is 3.81. The van der Waals surface area contributed by atoms with Crippen LogP contribution in [0, 0.1) is 5.92 Å². The van der Waals surface area contributed by atoms with Crippen molar-refractivity contribution in [1.82, 2.24) is 15.1 Å². The Morgan fingerprint density at radius 3 is 2.80 bits per heavy atom. The predicted octanol–water partition coefficient (Wildman–Crippen LogP) is 3.19. The molecule has 2 heterocycles. The van der Waals surface area contributed by atoms with E-state index in [4.69, 9.17) is 0 Å². The molecular formula is C16H28N4. The van der Waals surface area contributed by atoms with Crippen LogP contribution in [0.5, 0.6) is 0 Å². The molecule has 1 saturated carbocycles. The van der Waals surface area contributed by atoms with Gasteiger partial charge in [-0.3, -0.25) is 4.68 Å². The van der Waals surface area contributed by atoms with Gasteiger partial charge in [0.15, 0.2) is 0 Å². The SMILES string of the molecule is CC(C)n1cc(NC2CCCCC2C2CCCN2)cn1. The van der Waals surface area contributed by atoms with Crippen molar-refractivity contribution in [3.63, 3.8) is 0 Å². The minimum Gasteiger partial charge on any atom is -0.379 e. The Morgan fingerprint density at radius 1 is 1.25 bits per heavy atom. The first-order valence-corrected chi connectivity index (χ1v) is 8.28. The molecule has 4 nitrogen and oxygen atoms in total. The van der Waals surface area contributed by atoms with E-state index in [1.54, 1.807) is 0 Å². The highest BCUT2D eigenvalue weighted by Gasteiger charge is 2.33. The minimum absolute atomic E-state index is 0.434. The summed E-state index contributed by atoms with van der Waals surface area (Å²) in [6.45, 7) is 5.55. The zero-order chi connectivity index (χ0) is 13.9. The Morgan fingerprint density at radius 2 is 2.10 bits per heavy atom. The van der Waals surface area contributed by atoms with E-state index in [1.165, 1.54) is 50.8 Å². The van der Waals surface area contributed by atoms with Crippen LogP contribution in [-0.2, 0) is 0 Å². The third-order valence-corrected chi connectivity index (χ3v) is 4.92. The van der Waals surface area contributed by atoms with E-state index < -0.39 is 0 Å². The van der Waals surface area contributed by atoms with E-state index >= 15 is 0 Å². The summed E-state index contributed by atoms with van der Waals surface area (Å²) in [7, 11) is 0. The first-order valence-electron chi connectivity index (χ1n) is 8.28. The quantitative estimate of drug-likeness (QED) is 0.887. The molecule has 1 saturated heterocycles. The molecule has 20 heavy (non-hydrogen) atoms. The summed E-state index contributed by atoms with van der Waals surface area (Å²) in [6.07, 6.45) is 12.3. The monoisotopic (exact) mass is 276 g/mol. The van der Waals surface area contributed by atoms with Crippen LogP contribution in [0.3, 0.4) is 0 Å². The number of rotatable bonds is 4. The van der Waals surface area contributed by atoms with Gasteiger partial charge >= 0.3 is 0 Å². The summed E-state index contributed by atoms with van der Waals surface area (Å²) in [6, 6.07) is 1.78. The average Bonchev–Trinajstić information content (AvgIpc) is 3.10. The lowest BCUT2D eigenvalue weighted by Crippen LogP contribution is -2.43. The van der Waals surface area contributed by atoms with E-state index in [-0.39, 0.29) is 0 Å². The standard InChI is InChI=1S/C16H28N4/c1-12(2)20-11-13(10-18-20)19-16-7-4-3-6-14(16)15-8-5-9-17-15/h10-12,14-17,19H,3-9H2,1-2H3. The maximum Gasteiger partial charge on any atom is 0.0728 e. The minimum atomic E-state index is 0.434. The molecule has 1 aliphatic carbocycles. The van der Waals surface area contributed by atoms with Crippen LogP contribution >= 0.6 is 0 Å². The molecule has 2 fully saturated rings. The van der Waals surface area contributed by atoms with Gasteiger partial charge in [0.2, 0.25) is 0 Å². The van der Waals surface area contributed by atoms with Gasteiger partial charge in [0.25, 0.3) is 0 Å². The van der Waals surface area contributed by atoms with Gasteiger partial charge in [-0.2, -0.15) is 5.10 Å². The summed E-state index contributed by atoms with van der Waals surface area (Å²) in [5.41, 5.74) is 1.19. The van der Waals surface area contributed by atoms with Crippen LogP contribution < -0.4 is 10.6 Å². The van der Waals surface area contributed by atoms with Crippen LogP contribution in [0.4, 0.5) is 5.69 Å². The van der Waals surface area contributed by atoms with Crippen molar-refractivity contribution in [2.45, 2.75) is 70.5 Å². The summed E-state index contributed by atoms with van der Waals surface area (Å²) in [5.74, 6) is 0.786. The fourth-order valence-electron chi connectivity index (χ4n) is 3.81. The van der Waals surface area contributed by atoms with Gasteiger partial charge in [0.1, 0.15) is 0 Å². The van der Waals surface area contributed by atoms with Crippen molar-refractivity contribution < 1.29 is 0 Å². The molecule has 4 heteroatoms. The molecule has 0 spiro atoms. The average molecular weight is 276 g/mol. The van der Waals surface area contributed by atoms with Crippen LogP contribution in [0.25, 0.3) is 0 Å². The van der Waals surface area contributed by atoms with Crippen molar-refractivity contribution >= 4 is 5.69 Å². The van der Waals surface area contributed by atoms with Crippen LogP contribution in [0.2, 0.25) is 0 Å². The first-order chi connectivity index (χ1) is 9.74. The molecule has 0 amide bonds. The van der Waals surface area contributed by atoms with Gasteiger partial charge in [-0.1, -0.05) is 12.8 Å². The Labute approximate surface area is 122 Å². The van der Waals surface area contributed by atoms with E-state index in [0.29, 0.717) is 12.1 Å². The number of nitrogens with zero attached hydrogens (tertiary/aromatic N) is 2. The van der Waals surface area contributed by atoms with Crippen molar-refractivity contribution in [3.05, 3.63) is 12.4 Å². The first kappa shape index (κ1) is 13.9. The van der Waals surface area contributed by atoms with Crippen molar-refractivity contribution in [2.75, 3.05) is 11.9 Å². The number of anilines is 1. The zero-order valence-electron chi connectivity index (χ0n) is 12.8. The molecule has 112 valence electrons. The van der Waals surface area contributed by atoms with E-state index in [0.717, 1.165) is 12.0 Å². The van der Waals surface area contributed by atoms with E-state index in [1.807, 2.05) is 10.9 Å². The molecule has 2 N–H and O–H groups in total. The maximum absolute atomic E-state index is 4.44. The third-order valence-electron chi connectivity index (χ3n) is 4.92. The fraction of sp³-hybridized carbons (Fsp3) is 0.812. The second-order valence-corrected chi connectivity index (χ2v) is 6.70. The zero-order valence-corrected chi connectivity index (χ0v) is 12.8. The van der Waals surface area contributed by atoms with Crippen molar-refractivity contribution in [2.24, 2.45) is 5.92 Å². The van der Waals surface area contributed by atoms with Gasteiger partial charge in [0.05, 0.1) is 11.9 Å². The van der Waals surface area contributed by atoms with Crippen molar-refractivity contribution in [3.8, 4) is 0 Å². The highest BCUT2D eigenvalue weighted by atomic mass is 15.3. The number of nitrogens with one attached hydrogen (secondary N) is 2. The Bertz CT molecular complexity index is 420. The lowest BCUT2D eigenvalue weighted by molar-refractivity contribution is 0.263. The van der Waals surface area contributed by atoms with Gasteiger partial charge in [-0.25, -0.2) is 0 Å². The molecule has 3 atom stereocenters. The molecule has 3 rings (SSSR count). The van der Waals surface area contributed by atoms with Crippen LogP contribution in [0.15, 0.2) is 12.4 Å². The molecule has 2 aliphatic rings. The second-order valence-electron chi connectivity index (χ2n) is 6.70. The normalized spacial score (nSPS) is 30.9. The Balaban J connectivity index is 1.66. The molecular weight excluding hydrogens is 248 g/mol. The number of aromatic nitrogens is 2. The van der Waals surface area contributed by atoms with E-state index in [2.05, 4.69) is 35.8 Å². The lowest BCUT2D eigenvalue weighted by atomic mass is 9.79. The molecule has 1 aromatic heterocycles. The lowest BCUT2D eigenvalue weighted by Gasteiger charge is -2.36. The Kier molecular flexibility index (Phi) is 4.29. The van der Waals surface area contributed by atoms with Crippen molar-refractivity contribution in [1.29, 1.82) is 0 Å². The van der Waals surface area contributed by atoms with Gasteiger partial charge < -0.3 is 10.6 Å². The van der Waals surface area contributed by atoms with Gasteiger partial charge in [0, 0.05) is 24.3 Å². The van der Waals surface area contributed by atoms with Gasteiger partial charge in [-0.15, -0.1) is 0 Å². The molecule has 3 unspecified atom stereocenters. The number of hydrogen-bond acceptors (Lipinski definition) is 3. The van der Waals surface area contributed by atoms with Gasteiger partial charge in [-0.05, 0) is 52.0 Å². The van der Waals surface area contributed by atoms with Crippen LogP contribution in [-0.4, -0.2) is 28.4 Å². The topological polar surface area (TPSA) is 41.9 Å². The highest BCUT2D eigenvalue weighted by Crippen LogP contribution is 2.32. The summed E-state index contributed by atoms with van der Waals surface area (Å²) >= 11 is 0. The molecule has 0 bridgehead atoms. The smallest absolute Gasteiger partial charge is 0.0728 e. The number of hydrogen-bond donors (Lipinski definition) is 2. The maximum atomic E-state index is 4.44. The molecule has 0 aromatic carbocycles. The predicted molar refractivity (Wildman–Crippen MR) is 83.0 cm³/mol. The summed E-state index contributed by atoms with van der Waals surface area (Å²) in [4.78, 5) is 0. The largest absolute Gasteiger partial charge is 0.379 e. The molecule has 1 aliphatic heterocycles. The molecule has 0 radical (unpaired) electrons. The third kappa shape index (κ3) is 3.00. The molecule has 1 aromatic rings. The Hall–Kier alpha value is -1.03. The highest BCUT2D eigenvalue weighted by molar-refractivity contribution is 5.40. The van der Waals surface area contributed by atoms with E-state index in [9.17, 15) is 0 Å². The van der Waals surface area contributed by atoms with Crippen LogP contribution in [0.1, 0.15) is 58.4 Å². The second kappa shape index (κ2) is 6.17.